The number of hydrogen-bond acceptors (Lipinski definition) is 3. The summed E-state index contributed by atoms with van der Waals surface area (Å²) in [6.07, 6.45) is 4.32. The van der Waals surface area contributed by atoms with Gasteiger partial charge in [-0.1, -0.05) is 18.2 Å². The molecule has 0 unspecified atom stereocenters. The summed E-state index contributed by atoms with van der Waals surface area (Å²) in [7, 11) is 1.21. The van der Waals surface area contributed by atoms with Gasteiger partial charge in [0.2, 0.25) is 9.04 Å². The van der Waals surface area contributed by atoms with E-state index < -0.39 is 9.04 Å². The minimum Gasteiger partial charge on any atom is -0.420 e. The lowest BCUT2D eigenvalue weighted by Gasteiger charge is -2.19. The summed E-state index contributed by atoms with van der Waals surface area (Å²) >= 11 is 0. The molecule has 0 aliphatic carbocycles. The smallest absolute Gasteiger partial charge is 0.207 e. The van der Waals surface area contributed by atoms with Gasteiger partial charge >= 0.3 is 0 Å². The summed E-state index contributed by atoms with van der Waals surface area (Å²) in [5.41, 5.74) is 5.29. The molecule has 0 fully saturated rings. The van der Waals surface area contributed by atoms with Crippen molar-refractivity contribution in [2.45, 2.75) is 25.4 Å². The maximum absolute atomic E-state index is 5.48. The van der Waals surface area contributed by atoms with Gasteiger partial charge in [-0.25, -0.2) is 5.48 Å². The summed E-state index contributed by atoms with van der Waals surface area (Å²) in [5.74, 6) is 0.897. The molecule has 0 saturated heterocycles. The number of hydroxylamine groups is 1. The number of fused-ring (bicyclic) bond motifs is 1. The zero-order valence-corrected chi connectivity index (χ0v) is 11.3. The number of allylic oxidation sites excluding steroid dienone is 1. The Morgan fingerprint density at radius 2 is 2.18 bits per heavy atom. The summed E-state index contributed by atoms with van der Waals surface area (Å²) in [6, 6.07) is 9.21. The number of nitrogens with one attached hydrogen (secondary N) is 1. The maximum atomic E-state index is 5.48. The molecule has 0 amide bonds. The minimum absolute atomic E-state index is 0.585. The van der Waals surface area contributed by atoms with Crippen LogP contribution in [0.4, 0.5) is 0 Å². The molecule has 1 radical (unpaired) electrons. The molecule has 0 spiro atoms. The second-order valence-corrected chi connectivity index (χ2v) is 6.48. The first-order valence-corrected chi connectivity index (χ1v) is 8.00. The first-order chi connectivity index (χ1) is 8.29. The van der Waals surface area contributed by atoms with Crippen molar-refractivity contribution < 1.29 is 9.26 Å². The average molecular weight is 248 g/mol. The lowest BCUT2D eigenvalue weighted by atomic mass is 10.1. The summed E-state index contributed by atoms with van der Waals surface area (Å²) in [5, 5.41) is 0. The van der Waals surface area contributed by atoms with Crippen molar-refractivity contribution in [3.05, 3.63) is 35.5 Å². The van der Waals surface area contributed by atoms with Crippen LogP contribution in [0.2, 0.25) is 12.6 Å². The van der Waals surface area contributed by atoms with E-state index in [1.165, 1.54) is 6.04 Å². The summed E-state index contributed by atoms with van der Waals surface area (Å²) in [4.78, 5) is 5.48. The Kier molecular flexibility index (Phi) is 4.22. The van der Waals surface area contributed by atoms with Crippen molar-refractivity contribution in [2.24, 2.45) is 0 Å². The van der Waals surface area contributed by atoms with Gasteiger partial charge in [-0.2, -0.15) is 0 Å². The third-order valence-electron chi connectivity index (χ3n) is 2.86. The van der Waals surface area contributed by atoms with E-state index in [1.54, 1.807) is 7.11 Å². The Morgan fingerprint density at radius 3 is 3.00 bits per heavy atom. The molecule has 1 aliphatic rings. The Hall–Kier alpha value is -1.26. The molecule has 91 valence electrons. The Morgan fingerprint density at radius 1 is 1.35 bits per heavy atom. The Balaban J connectivity index is 1.89. The highest BCUT2D eigenvalue weighted by atomic mass is 28.3. The number of hydrogen-bond donors (Lipinski definition) is 1. The minimum atomic E-state index is -0.585. The molecular weight excluding hydrogens is 230 g/mol. The molecule has 2 rings (SSSR count). The fourth-order valence-corrected chi connectivity index (χ4v) is 2.66. The monoisotopic (exact) mass is 248 g/mol. The van der Waals surface area contributed by atoms with Crippen LogP contribution in [0.3, 0.4) is 0 Å². The zero-order chi connectivity index (χ0) is 12.1. The van der Waals surface area contributed by atoms with E-state index in [9.17, 15) is 0 Å². The third kappa shape index (κ3) is 3.34. The van der Waals surface area contributed by atoms with E-state index in [0.29, 0.717) is 0 Å². The highest BCUT2D eigenvalue weighted by Crippen LogP contribution is 2.25. The first-order valence-electron chi connectivity index (χ1n) is 5.88. The van der Waals surface area contributed by atoms with Gasteiger partial charge in [0.05, 0.1) is 0 Å². The normalized spacial score (nSPS) is 13.7. The molecule has 0 saturated carbocycles. The second-order valence-electron chi connectivity index (χ2n) is 4.17. The van der Waals surface area contributed by atoms with E-state index in [1.807, 2.05) is 18.2 Å². The van der Waals surface area contributed by atoms with E-state index in [0.717, 1.165) is 29.9 Å². The highest BCUT2D eigenvalue weighted by Gasteiger charge is 2.11. The van der Waals surface area contributed by atoms with Crippen LogP contribution >= 0.6 is 0 Å². The molecule has 1 aromatic carbocycles. The number of benzene rings is 1. The molecule has 3 nitrogen and oxygen atoms in total. The van der Waals surface area contributed by atoms with Crippen LogP contribution in [0.5, 0.6) is 5.75 Å². The fraction of sp³-hybridized carbons (Fsp3) is 0.385. The van der Waals surface area contributed by atoms with E-state index in [4.69, 9.17) is 9.26 Å². The number of rotatable bonds is 5. The van der Waals surface area contributed by atoms with Crippen molar-refractivity contribution in [2.75, 3.05) is 7.11 Å². The Bertz CT molecular complexity index is 406. The van der Waals surface area contributed by atoms with Crippen LogP contribution in [0.25, 0.3) is 6.08 Å². The van der Waals surface area contributed by atoms with Gasteiger partial charge in [0.15, 0.2) is 5.75 Å². The molecule has 1 aliphatic heterocycles. The number of para-hydroxylation sites is 1. The van der Waals surface area contributed by atoms with Crippen LogP contribution in [0.1, 0.15) is 18.4 Å². The highest BCUT2D eigenvalue weighted by molar-refractivity contribution is 6.50. The average Bonchev–Trinajstić information content (AvgIpc) is 2.38. The molecule has 1 N–H and O–H groups in total. The summed E-state index contributed by atoms with van der Waals surface area (Å²) in [6.45, 7) is 2.19. The standard InChI is InChI=1S/C13H18NO2Si/c1-15-17(2)9-5-7-12-10-11-6-3-4-8-13(11)16-14-12/h3-4,6,8,10,14H,5,7,9H2,1-2H3. The SMILES string of the molecule is CO[Si](C)CCCC1=Cc2ccccc2ON1. The quantitative estimate of drug-likeness (QED) is 0.813. The fourth-order valence-electron chi connectivity index (χ4n) is 1.78. The van der Waals surface area contributed by atoms with Crippen molar-refractivity contribution in [3.63, 3.8) is 0 Å². The third-order valence-corrected chi connectivity index (χ3v) is 4.62. The van der Waals surface area contributed by atoms with Gasteiger partial charge in [0.1, 0.15) is 0 Å². The van der Waals surface area contributed by atoms with Crippen molar-refractivity contribution >= 4 is 15.1 Å². The zero-order valence-electron chi connectivity index (χ0n) is 10.3. The van der Waals surface area contributed by atoms with Crippen LogP contribution < -0.4 is 10.3 Å². The van der Waals surface area contributed by atoms with E-state index >= 15 is 0 Å². The molecule has 1 aromatic rings. The molecule has 0 aromatic heterocycles. The van der Waals surface area contributed by atoms with Crippen molar-refractivity contribution in [3.8, 4) is 5.75 Å². The first kappa shape index (κ1) is 12.2. The van der Waals surface area contributed by atoms with Gasteiger partial charge < -0.3 is 9.26 Å². The second kappa shape index (κ2) is 5.89. The molecule has 1 heterocycles. The maximum Gasteiger partial charge on any atom is 0.207 e. The van der Waals surface area contributed by atoms with Gasteiger partial charge in [0.25, 0.3) is 0 Å². The van der Waals surface area contributed by atoms with Crippen molar-refractivity contribution in [1.29, 1.82) is 0 Å². The van der Waals surface area contributed by atoms with Crippen molar-refractivity contribution in [1.82, 2.24) is 5.48 Å². The van der Waals surface area contributed by atoms with Gasteiger partial charge in [-0.15, -0.1) is 0 Å². The van der Waals surface area contributed by atoms with Gasteiger partial charge in [-0.3, -0.25) is 0 Å². The molecule has 4 heteroatoms. The predicted octanol–water partition coefficient (Wildman–Crippen LogP) is 2.97. The molecule has 0 atom stereocenters. The summed E-state index contributed by atoms with van der Waals surface area (Å²) < 4.78 is 5.33. The van der Waals surface area contributed by atoms with Gasteiger partial charge in [-0.05, 0) is 37.6 Å². The predicted molar refractivity (Wildman–Crippen MR) is 70.9 cm³/mol. The van der Waals surface area contributed by atoms with Crippen LogP contribution in [-0.4, -0.2) is 16.2 Å². The van der Waals surface area contributed by atoms with E-state index in [-0.39, 0.29) is 0 Å². The van der Waals surface area contributed by atoms with Crippen LogP contribution in [0, 0.1) is 0 Å². The van der Waals surface area contributed by atoms with Crippen LogP contribution in [-0.2, 0) is 4.43 Å². The lowest BCUT2D eigenvalue weighted by Crippen LogP contribution is -2.21. The van der Waals surface area contributed by atoms with Crippen LogP contribution in [0.15, 0.2) is 30.0 Å². The molecule has 17 heavy (non-hydrogen) atoms. The van der Waals surface area contributed by atoms with E-state index in [2.05, 4.69) is 24.2 Å². The van der Waals surface area contributed by atoms with Gasteiger partial charge in [0, 0.05) is 18.4 Å². The molecular formula is C13H18NO2Si. The molecule has 0 bridgehead atoms. The topological polar surface area (TPSA) is 30.5 Å². The lowest BCUT2D eigenvalue weighted by molar-refractivity contribution is 0.220. The Labute approximate surface area is 104 Å². The largest absolute Gasteiger partial charge is 0.420 e.